The summed E-state index contributed by atoms with van der Waals surface area (Å²) in [6.07, 6.45) is 1.57. The summed E-state index contributed by atoms with van der Waals surface area (Å²) in [5.74, 6) is 2.09. The van der Waals surface area contributed by atoms with Crippen LogP contribution in [0.2, 0.25) is 0 Å². The van der Waals surface area contributed by atoms with E-state index in [1.54, 1.807) is 6.33 Å². The Balaban J connectivity index is 3.28. The molecule has 1 aromatic heterocycles. The van der Waals surface area contributed by atoms with Gasteiger partial charge in [-0.3, -0.25) is 0 Å². The number of anilines is 2. The van der Waals surface area contributed by atoms with Crippen LogP contribution in [0, 0.1) is 0 Å². The van der Waals surface area contributed by atoms with E-state index in [1.165, 1.54) is 0 Å². The molecular weight excluding hydrogens is 228 g/mol. The van der Waals surface area contributed by atoms with Gasteiger partial charge >= 0.3 is 0 Å². The molecule has 0 saturated heterocycles. The number of hydrogen-bond donors (Lipinski definition) is 2. The number of nitrogens with one attached hydrogen (secondary N) is 1. The lowest BCUT2D eigenvalue weighted by atomic mass is 10.0. The fraction of sp³-hybridized carbons (Fsp3) is 0.692. The summed E-state index contributed by atoms with van der Waals surface area (Å²) in [6.45, 7) is 9.15. The Morgan fingerprint density at radius 1 is 1.28 bits per heavy atom. The van der Waals surface area contributed by atoms with Gasteiger partial charge in [0.05, 0.1) is 6.61 Å². The number of rotatable bonds is 6. The summed E-state index contributed by atoms with van der Waals surface area (Å²) < 4.78 is 0. The first-order valence-corrected chi connectivity index (χ1v) is 6.43. The van der Waals surface area contributed by atoms with Gasteiger partial charge in [0, 0.05) is 25.2 Å². The van der Waals surface area contributed by atoms with Crippen molar-refractivity contribution >= 4 is 11.6 Å². The highest BCUT2D eigenvalue weighted by molar-refractivity contribution is 5.60. The van der Waals surface area contributed by atoms with Crippen LogP contribution in [0.5, 0.6) is 0 Å². The maximum absolute atomic E-state index is 9.20. The maximum atomic E-state index is 9.20. The Labute approximate surface area is 109 Å². The van der Waals surface area contributed by atoms with Crippen molar-refractivity contribution in [1.29, 1.82) is 0 Å². The second-order valence-electron chi connectivity index (χ2n) is 4.88. The molecule has 5 nitrogen and oxygen atoms in total. The number of nitrogens with zero attached hydrogens (tertiary/aromatic N) is 3. The zero-order chi connectivity index (χ0) is 13.7. The number of hydrogen-bond acceptors (Lipinski definition) is 5. The third kappa shape index (κ3) is 3.10. The summed E-state index contributed by atoms with van der Waals surface area (Å²) in [4.78, 5) is 10.8. The molecule has 0 radical (unpaired) electrons. The van der Waals surface area contributed by atoms with E-state index < -0.39 is 0 Å². The second-order valence-corrected chi connectivity index (χ2v) is 4.88. The molecule has 2 N–H and O–H groups in total. The highest BCUT2D eigenvalue weighted by Crippen LogP contribution is 2.31. The fourth-order valence-corrected chi connectivity index (χ4v) is 2.06. The first-order chi connectivity index (χ1) is 8.52. The van der Waals surface area contributed by atoms with E-state index >= 15 is 0 Å². The van der Waals surface area contributed by atoms with Crippen LogP contribution in [-0.4, -0.2) is 41.3 Å². The second kappa shape index (κ2) is 6.54. The van der Waals surface area contributed by atoms with Gasteiger partial charge < -0.3 is 15.3 Å². The maximum Gasteiger partial charge on any atom is 0.137 e. The summed E-state index contributed by atoms with van der Waals surface area (Å²) in [5, 5.41) is 12.3. The van der Waals surface area contributed by atoms with Crippen LogP contribution < -0.4 is 10.2 Å². The molecule has 18 heavy (non-hydrogen) atoms. The molecule has 102 valence electrons. The molecule has 0 aromatic carbocycles. The molecule has 1 rings (SSSR count). The molecule has 0 aliphatic carbocycles. The van der Waals surface area contributed by atoms with Crippen LogP contribution in [0.4, 0.5) is 11.6 Å². The van der Waals surface area contributed by atoms with Gasteiger partial charge in [0.15, 0.2) is 0 Å². The molecule has 0 fully saturated rings. The van der Waals surface area contributed by atoms with Gasteiger partial charge in [-0.2, -0.15) is 0 Å². The van der Waals surface area contributed by atoms with Gasteiger partial charge in [-0.1, -0.05) is 13.8 Å². The van der Waals surface area contributed by atoms with Gasteiger partial charge in [0.1, 0.15) is 18.0 Å². The predicted octanol–water partition coefficient (Wildman–Crippen LogP) is 1.85. The molecule has 1 heterocycles. The minimum absolute atomic E-state index is 0.120. The van der Waals surface area contributed by atoms with Gasteiger partial charge in [-0.25, -0.2) is 9.97 Å². The highest BCUT2D eigenvalue weighted by Gasteiger charge is 2.20. The molecule has 1 aromatic rings. The van der Waals surface area contributed by atoms with Crippen molar-refractivity contribution in [3.05, 3.63) is 11.9 Å². The molecule has 5 heteroatoms. The molecule has 0 aliphatic rings. The molecule has 0 aliphatic heterocycles. The Morgan fingerprint density at radius 3 is 2.39 bits per heavy atom. The molecule has 0 spiro atoms. The third-order valence-electron chi connectivity index (χ3n) is 2.91. The normalized spacial score (nSPS) is 11.1. The molecule has 0 bridgehead atoms. The van der Waals surface area contributed by atoms with Crippen LogP contribution in [-0.2, 0) is 0 Å². The van der Waals surface area contributed by atoms with Crippen molar-refractivity contribution in [2.75, 3.05) is 30.4 Å². The molecule has 0 amide bonds. The van der Waals surface area contributed by atoms with Crippen molar-refractivity contribution in [3.8, 4) is 0 Å². The van der Waals surface area contributed by atoms with Crippen molar-refractivity contribution in [2.45, 2.75) is 39.7 Å². The van der Waals surface area contributed by atoms with Crippen molar-refractivity contribution < 1.29 is 5.11 Å². The Hall–Kier alpha value is -1.36. The largest absolute Gasteiger partial charge is 0.395 e. The third-order valence-corrected chi connectivity index (χ3v) is 2.91. The average molecular weight is 252 g/mol. The lowest BCUT2D eigenvalue weighted by Gasteiger charge is -2.30. The first-order valence-electron chi connectivity index (χ1n) is 6.43. The monoisotopic (exact) mass is 252 g/mol. The van der Waals surface area contributed by atoms with Gasteiger partial charge in [-0.15, -0.1) is 0 Å². The van der Waals surface area contributed by atoms with Crippen molar-refractivity contribution in [1.82, 2.24) is 9.97 Å². The predicted molar refractivity (Wildman–Crippen MR) is 75.2 cm³/mol. The highest BCUT2D eigenvalue weighted by atomic mass is 16.3. The van der Waals surface area contributed by atoms with Crippen LogP contribution in [0.25, 0.3) is 0 Å². The van der Waals surface area contributed by atoms with E-state index in [2.05, 4.69) is 47.9 Å². The smallest absolute Gasteiger partial charge is 0.137 e. The summed E-state index contributed by atoms with van der Waals surface area (Å²) in [5.41, 5.74) is 1.10. The zero-order valence-corrected chi connectivity index (χ0v) is 11.9. The summed E-state index contributed by atoms with van der Waals surface area (Å²) >= 11 is 0. The van der Waals surface area contributed by atoms with Crippen LogP contribution >= 0.6 is 0 Å². The first kappa shape index (κ1) is 14.7. The molecule has 0 unspecified atom stereocenters. The van der Waals surface area contributed by atoms with Gasteiger partial charge in [0.25, 0.3) is 0 Å². The zero-order valence-electron chi connectivity index (χ0n) is 11.9. The van der Waals surface area contributed by atoms with Crippen molar-refractivity contribution in [2.24, 2.45) is 0 Å². The number of aliphatic hydroxyl groups excluding tert-OH is 1. The Kier molecular flexibility index (Phi) is 5.34. The van der Waals surface area contributed by atoms with Crippen LogP contribution in [0.15, 0.2) is 6.33 Å². The minimum Gasteiger partial charge on any atom is -0.395 e. The van der Waals surface area contributed by atoms with E-state index in [0.29, 0.717) is 12.5 Å². The van der Waals surface area contributed by atoms with Gasteiger partial charge in [-0.05, 0) is 19.8 Å². The molecule has 0 atom stereocenters. The Morgan fingerprint density at radius 2 is 1.94 bits per heavy atom. The standard InChI is InChI=1S/C13H24N4O/c1-9(2)11-12(14-5)15-8-16-13(11)17(6-7-18)10(3)4/h8-10,18H,6-7H2,1-5H3,(H,14,15,16). The average Bonchev–Trinajstić information content (AvgIpc) is 2.34. The van der Waals surface area contributed by atoms with Crippen molar-refractivity contribution in [3.63, 3.8) is 0 Å². The lowest BCUT2D eigenvalue weighted by molar-refractivity contribution is 0.298. The van der Waals surface area contributed by atoms with E-state index in [0.717, 1.165) is 17.2 Å². The summed E-state index contributed by atoms with van der Waals surface area (Å²) in [7, 11) is 1.86. The van der Waals surface area contributed by atoms with Crippen LogP contribution in [0.1, 0.15) is 39.2 Å². The van der Waals surface area contributed by atoms with Gasteiger partial charge in [0.2, 0.25) is 0 Å². The topological polar surface area (TPSA) is 61.3 Å². The lowest BCUT2D eigenvalue weighted by Crippen LogP contribution is -2.35. The van der Waals surface area contributed by atoms with E-state index in [1.807, 2.05) is 7.05 Å². The summed E-state index contributed by atoms with van der Waals surface area (Å²) in [6, 6.07) is 0.286. The number of aliphatic hydroxyl groups is 1. The van der Waals surface area contributed by atoms with E-state index in [9.17, 15) is 5.11 Å². The van der Waals surface area contributed by atoms with E-state index in [4.69, 9.17) is 0 Å². The fourth-order valence-electron chi connectivity index (χ4n) is 2.06. The quantitative estimate of drug-likeness (QED) is 0.809. The molecule has 0 saturated carbocycles. The minimum atomic E-state index is 0.120. The van der Waals surface area contributed by atoms with Crippen LogP contribution in [0.3, 0.4) is 0 Å². The number of aromatic nitrogens is 2. The SMILES string of the molecule is CNc1ncnc(N(CCO)C(C)C)c1C(C)C. The van der Waals surface area contributed by atoms with E-state index in [-0.39, 0.29) is 12.6 Å². The molecular formula is C13H24N4O. The Bertz CT molecular complexity index is 379.